The van der Waals surface area contributed by atoms with Gasteiger partial charge in [0.15, 0.2) is 6.20 Å². The topological polar surface area (TPSA) is 3.88 Å². The number of hydrogen-bond acceptors (Lipinski definition) is 0. The van der Waals surface area contributed by atoms with Crippen LogP contribution in [0.4, 0.5) is 0 Å². The van der Waals surface area contributed by atoms with Gasteiger partial charge in [0.05, 0.1) is 0 Å². The van der Waals surface area contributed by atoms with E-state index in [-0.39, 0.29) is 0 Å². The minimum Gasteiger partial charge on any atom is -0.201 e. The van der Waals surface area contributed by atoms with E-state index in [4.69, 9.17) is 0 Å². The van der Waals surface area contributed by atoms with Crippen LogP contribution in [0.25, 0.3) is 43.6 Å². The van der Waals surface area contributed by atoms with Crippen LogP contribution in [-0.2, 0) is 7.05 Å². The summed E-state index contributed by atoms with van der Waals surface area (Å²) in [6.07, 6.45) is 2.11. The quantitative estimate of drug-likeness (QED) is 0.263. The van der Waals surface area contributed by atoms with Gasteiger partial charge in [0.25, 0.3) is 0 Å². The molecule has 26 heavy (non-hydrogen) atoms. The van der Waals surface area contributed by atoms with E-state index in [9.17, 15) is 0 Å². The number of nitrogens with zero attached hydrogens (tertiary/aromatic N) is 1. The third-order valence-electron chi connectivity index (χ3n) is 5.50. The number of aromatic nitrogens is 1. The molecule has 0 aliphatic heterocycles. The molecule has 1 nitrogen and oxygen atoms in total. The Morgan fingerprint density at radius 2 is 1.35 bits per heavy atom. The molecule has 0 amide bonds. The Balaban J connectivity index is 1.93. The van der Waals surface area contributed by atoms with Gasteiger partial charge in [-0.15, -0.1) is 0 Å². The van der Waals surface area contributed by atoms with Crippen molar-refractivity contribution in [2.24, 2.45) is 7.05 Å². The highest BCUT2D eigenvalue weighted by atomic mass is 14.9. The molecular formula is C25H20N+. The van der Waals surface area contributed by atoms with E-state index in [1.807, 2.05) is 0 Å². The number of aryl methyl sites for hydroxylation is 2. The summed E-state index contributed by atoms with van der Waals surface area (Å²) in [7, 11) is 2.11. The fraction of sp³-hybridized carbons (Fsp3) is 0.0800. The van der Waals surface area contributed by atoms with Crippen LogP contribution in [0.2, 0.25) is 0 Å². The zero-order valence-electron chi connectivity index (χ0n) is 15.0. The molecule has 0 radical (unpaired) electrons. The van der Waals surface area contributed by atoms with E-state index in [1.165, 1.54) is 49.1 Å². The molecule has 0 bridgehead atoms. The third kappa shape index (κ3) is 2.14. The maximum Gasteiger partial charge on any atom is 0.212 e. The van der Waals surface area contributed by atoms with Crippen LogP contribution in [0.3, 0.4) is 0 Å². The lowest BCUT2D eigenvalue weighted by Gasteiger charge is -2.12. The summed E-state index contributed by atoms with van der Waals surface area (Å²) < 4.78 is 2.19. The molecule has 5 rings (SSSR count). The molecule has 0 saturated heterocycles. The lowest BCUT2D eigenvalue weighted by Crippen LogP contribution is -2.30. The van der Waals surface area contributed by atoms with Crippen LogP contribution in [-0.4, -0.2) is 0 Å². The molecule has 0 N–H and O–H groups in total. The van der Waals surface area contributed by atoms with Gasteiger partial charge in [0.1, 0.15) is 7.05 Å². The molecule has 1 heteroatoms. The Bertz CT molecular complexity index is 1300. The first kappa shape index (κ1) is 15.1. The number of hydrogen-bond donors (Lipinski definition) is 0. The zero-order valence-corrected chi connectivity index (χ0v) is 15.0. The van der Waals surface area contributed by atoms with Gasteiger partial charge in [-0.2, -0.15) is 0 Å². The maximum absolute atomic E-state index is 2.28. The molecule has 5 aromatic rings. The Hall–Kier alpha value is -3.19. The van der Waals surface area contributed by atoms with Gasteiger partial charge in [-0.1, -0.05) is 54.6 Å². The molecule has 0 saturated carbocycles. The number of fused-ring (bicyclic) bond motifs is 5. The monoisotopic (exact) mass is 334 g/mol. The highest BCUT2D eigenvalue weighted by Crippen LogP contribution is 2.36. The molecule has 0 atom stereocenters. The van der Waals surface area contributed by atoms with Gasteiger partial charge < -0.3 is 0 Å². The van der Waals surface area contributed by atoms with Crippen molar-refractivity contribution in [3.05, 3.63) is 90.6 Å². The lowest BCUT2D eigenvalue weighted by atomic mass is 9.91. The summed E-state index contributed by atoms with van der Waals surface area (Å²) in [5, 5.41) is 7.93. The van der Waals surface area contributed by atoms with E-state index in [0.717, 1.165) is 0 Å². The summed E-state index contributed by atoms with van der Waals surface area (Å²) >= 11 is 0. The predicted molar refractivity (Wildman–Crippen MR) is 110 cm³/mol. The van der Waals surface area contributed by atoms with Crippen molar-refractivity contribution in [3.63, 3.8) is 0 Å². The SMILES string of the molecule is Cc1c(-c2cccc[n+]2C)ccc2ccc3c4ccccc4ccc3c12. The Labute approximate surface area is 153 Å². The summed E-state index contributed by atoms with van der Waals surface area (Å²) in [5.74, 6) is 0. The largest absolute Gasteiger partial charge is 0.212 e. The second kappa shape index (κ2) is 5.67. The fourth-order valence-electron chi connectivity index (χ4n) is 4.18. The maximum atomic E-state index is 2.28. The van der Waals surface area contributed by atoms with Crippen molar-refractivity contribution in [3.8, 4) is 11.3 Å². The van der Waals surface area contributed by atoms with E-state index in [0.29, 0.717) is 0 Å². The van der Waals surface area contributed by atoms with Gasteiger partial charge in [-0.25, -0.2) is 4.57 Å². The van der Waals surface area contributed by atoms with Gasteiger partial charge in [-0.3, -0.25) is 0 Å². The van der Waals surface area contributed by atoms with Crippen molar-refractivity contribution < 1.29 is 4.57 Å². The third-order valence-corrected chi connectivity index (χ3v) is 5.50. The number of rotatable bonds is 1. The molecule has 1 heterocycles. The summed E-state index contributed by atoms with van der Waals surface area (Å²) in [5.41, 5.74) is 3.87. The molecular weight excluding hydrogens is 314 g/mol. The normalized spacial score (nSPS) is 11.5. The van der Waals surface area contributed by atoms with Crippen molar-refractivity contribution in [1.29, 1.82) is 0 Å². The van der Waals surface area contributed by atoms with E-state index >= 15 is 0 Å². The molecule has 0 aliphatic carbocycles. The summed E-state index contributed by atoms with van der Waals surface area (Å²) in [4.78, 5) is 0. The molecule has 124 valence electrons. The van der Waals surface area contributed by atoms with E-state index in [2.05, 4.69) is 104 Å². The molecule has 0 spiro atoms. The second-order valence-corrected chi connectivity index (χ2v) is 6.98. The number of benzene rings is 4. The molecule has 0 fully saturated rings. The predicted octanol–water partition coefficient (Wildman–Crippen LogP) is 5.95. The standard InChI is InChI=1S/C25H20N/c1-17-20(24-9-5-6-16-26(24)2)13-11-19-12-14-22-21-8-4-3-7-18(21)10-15-23(22)25(17)19/h3-16H,1-2H3/q+1. The Morgan fingerprint density at radius 3 is 2.23 bits per heavy atom. The van der Waals surface area contributed by atoms with Gasteiger partial charge >= 0.3 is 0 Å². The minimum atomic E-state index is 1.24. The van der Waals surface area contributed by atoms with Crippen LogP contribution in [0.1, 0.15) is 5.56 Å². The minimum absolute atomic E-state index is 1.24. The second-order valence-electron chi connectivity index (χ2n) is 6.98. The molecule has 4 aromatic carbocycles. The molecule has 0 unspecified atom stereocenters. The van der Waals surface area contributed by atoms with E-state index in [1.54, 1.807) is 0 Å². The van der Waals surface area contributed by atoms with Crippen LogP contribution < -0.4 is 4.57 Å². The van der Waals surface area contributed by atoms with Crippen molar-refractivity contribution >= 4 is 32.3 Å². The average Bonchev–Trinajstić information content (AvgIpc) is 2.68. The van der Waals surface area contributed by atoms with Crippen LogP contribution in [0, 0.1) is 6.92 Å². The van der Waals surface area contributed by atoms with Crippen LogP contribution >= 0.6 is 0 Å². The first-order chi connectivity index (χ1) is 12.7. The van der Waals surface area contributed by atoms with Crippen LogP contribution in [0.5, 0.6) is 0 Å². The van der Waals surface area contributed by atoms with E-state index < -0.39 is 0 Å². The highest BCUT2D eigenvalue weighted by Gasteiger charge is 2.15. The number of pyridine rings is 1. The Morgan fingerprint density at radius 1 is 0.615 bits per heavy atom. The zero-order chi connectivity index (χ0) is 17.7. The first-order valence-corrected chi connectivity index (χ1v) is 9.03. The molecule has 0 aliphatic rings. The highest BCUT2D eigenvalue weighted by molar-refractivity contribution is 6.18. The van der Waals surface area contributed by atoms with Crippen molar-refractivity contribution in [2.45, 2.75) is 6.92 Å². The first-order valence-electron chi connectivity index (χ1n) is 9.03. The van der Waals surface area contributed by atoms with Crippen molar-refractivity contribution in [2.75, 3.05) is 0 Å². The van der Waals surface area contributed by atoms with Crippen LogP contribution in [0.15, 0.2) is 85.1 Å². The van der Waals surface area contributed by atoms with Gasteiger partial charge in [-0.05, 0) is 56.9 Å². The summed E-state index contributed by atoms with van der Waals surface area (Å²) in [6.45, 7) is 2.25. The van der Waals surface area contributed by atoms with Gasteiger partial charge in [0, 0.05) is 17.7 Å². The smallest absolute Gasteiger partial charge is 0.201 e. The van der Waals surface area contributed by atoms with Crippen molar-refractivity contribution in [1.82, 2.24) is 0 Å². The Kier molecular flexibility index (Phi) is 3.29. The average molecular weight is 334 g/mol. The fourth-order valence-corrected chi connectivity index (χ4v) is 4.18. The van der Waals surface area contributed by atoms with Gasteiger partial charge in [0.2, 0.25) is 5.69 Å². The molecule has 1 aromatic heterocycles. The lowest BCUT2D eigenvalue weighted by molar-refractivity contribution is -0.660. The summed E-state index contributed by atoms with van der Waals surface area (Å²) in [6, 6.07) is 28.5.